The number of carbonyl (C=O) groups excluding carboxylic acids is 1. The lowest BCUT2D eigenvalue weighted by Crippen LogP contribution is -2.46. The van der Waals surface area contributed by atoms with E-state index in [1.807, 2.05) is 25.1 Å². The number of benzene rings is 1. The van der Waals surface area contributed by atoms with Crippen LogP contribution in [0.1, 0.15) is 25.3 Å². The molecule has 6 heteroatoms. The van der Waals surface area contributed by atoms with Crippen LogP contribution in [0.15, 0.2) is 29.3 Å². The lowest BCUT2D eigenvalue weighted by Gasteiger charge is -2.33. The smallest absolute Gasteiger partial charge is 0.308 e. The number of hydrogen-bond donors (Lipinski definition) is 1. The number of methoxy groups -OCH3 is 1. The first kappa shape index (κ1) is 18.1. The van der Waals surface area contributed by atoms with Gasteiger partial charge in [0.25, 0.3) is 0 Å². The van der Waals surface area contributed by atoms with Gasteiger partial charge in [0.15, 0.2) is 5.96 Å². The van der Waals surface area contributed by atoms with Gasteiger partial charge in [-0.05, 0) is 37.5 Å². The second-order valence-corrected chi connectivity index (χ2v) is 5.77. The second-order valence-electron chi connectivity index (χ2n) is 5.77. The van der Waals surface area contributed by atoms with Crippen molar-refractivity contribution in [3.8, 4) is 5.75 Å². The summed E-state index contributed by atoms with van der Waals surface area (Å²) in [4.78, 5) is 18.2. The van der Waals surface area contributed by atoms with Crippen LogP contribution in [0.4, 0.5) is 0 Å². The van der Waals surface area contributed by atoms with Crippen LogP contribution in [0.3, 0.4) is 0 Å². The number of hydrogen-bond acceptors (Lipinski definition) is 4. The summed E-state index contributed by atoms with van der Waals surface area (Å²) < 4.78 is 10.4. The van der Waals surface area contributed by atoms with Crippen LogP contribution in [0, 0.1) is 5.92 Å². The molecule has 0 bridgehead atoms. The highest BCUT2D eigenvalue weighted by molar-refractivity contribution is 5.80. The summed E-state index contributed by atoms with van der Waals surface area (Å²) in [6.07, 6.45) is 1.60. The van der Waals surface area contributed by atoms with Gasteiger partial charge in [-0.3, -0.25) is 9.79 Å². The Morgan fingerprint density at radius 2 is 2.12 bits per heavy atom. The van der Waals surface area contributed by atoms with E-state index in [0.29, 0.717) is 13.2 Å². The van der Waals surface area contributed by atoms with Crippen molar-refractivity contribution in [2.45, 2.75) is 26.3 Å². The number of ether oxygens (including phenoxy) is 2. The minimum atomic E-state index is -0.106. The highest BCUT2D eigenvalue weighted by Crippen LogP contribution is 2.19. The van der Waals surface area contributed by atoms with E-state index >= 15 is 0 Å². The number of likely N-dealkylation sites (tertiary alicyclic amines) is 1. The minimum Gasteiger partial charge on any atom is -0.494 e. The van der Waals surface area contributed by atoms with Crippen molar-refractivity contribution in [3.63, 3.8) is 0 Å². The number of guanidine groups is 1. The number of carbonyl (C=O) groups is 1. The van der Waals surface area contributed by atoms with E-state index in [-0.39, 0.29) is 11.9 Å². The standard InChI is InChI=1S/C18H27N3O3/c1-4-24-16-7-5-6-14(12-16)13-20-18(19-2)21-10-8-15(9-11-21)17(22)23-3/h5-7,12,15H,4,8-11,13H2,1-3H3,(H,19,20). The van der Waals surface area contributed by atoms with Crippen LogP contribution in [-0.2, 0) is 16.1 Å². The van der Waals surface area contributed by atoms with Crippen molar-refractivity contribution in [2.24, 2.45) is 10.9 Å². The Kier molecular flexibility index (Phi) is 6.90. The molecule has 1 aromatic carbocycles. The lowest BCUT2D eigenvalue weighted by molar-refractivity contribution is -0.146. The summed E-state index contributed by atoms with van der Waals surface area (Å²) in [7, 11) is 3.23. The van der Waals surface area contributed by atoms with Gasteiger partial charge >= 0.3 is 5.97 Å². The Balaban J connectivity index is 1.87. The van der Waals surface area contributed by atoms with Gasteiger partial charge < -0.3 is 19.7 Å². The molecule has 0 aliphatic carbocycles. The summed E-state index contributed by atoms with van der Waals surface area (Å²) in [5.41, 5.74) is 1.14. The maximum Gasteiger partial charge on any atom is 0.308 e. The van der Waals surface area contributed by atoms with Crippen LogP contribution in [0.5, 0.6) is 5.75 Å². The van der Waals surface area contributed by atoms with Gasteiger partial charge in [0, 0.05) is 26.7 Å². The third kappa shape index (κ3) is 4.88. The van der Waals surface area contributed by atoms with E-state index in [2.05, 4.69) is 21.3 Å². The molecule has 0 unspecified atom stereocenters. The predicted molar refractivity (Wildman–Crippen MR) is 94.1 cm³/mol. The fourth-order valence-corrected chi connectivity index (χ4v) is 2.92. The third-order valence-corrected chi connectivity index (χ3v) is 4.20. The molecule has 24 heavy (non-hydrogen) atoms. The number of piperidine rings is 1. The maximum atomic E-state index is 11.6. The molecule has 1 heterocycles. The molecule has 6 nitrogen and oxygen atoms in total. The molecule has 0 saturated carbocycles. The maximum absolute atomic E-state index is 11.6. The second kappa shape index (κ2) is 9.15. The number of rotatable bonds is 5. The minimum absolute atomic E-state index is 0.00669. The number of nitrogens with zero attached hydrogens (tertiary/aromatic N) is 2. The molecule has 1 aliphatic heterocycles. The first-order chi connectivity index (χ1) is 11.7. The molecule has 0 atom stereocenters. The van der Waals surface area contributed by atoms with E-state index in [4.69, 9.17) is 9.47 Å². The van der Waals surface area contributed by atoms with Gasteiger partial charge in [-0.2, -0.15) is 0 Å². The first-order valence-corrected chi connectivity index (χ1v) is 8.43. The molecule has 1 aromatic rings. The Labute approximate surface area is 143 Å². The van der Waals surface area contributed by atoms with Crippen molar-refractivity contribution < 1.29 is 14.3 Å². The average molecular weight is 333 g/mol. The van der Waals surface area contributed by atoms with Crippen molar-refractivity contribution in [1.82, 2.24) is 10.2 Å². The zero-order valence-electron chi connectivity index (χ0n) is 14.7. The lowest BCUT2D eigenvalue weighted by atomic mass is 9.97. The Morgan fingerprint density at radius 3 is 2.75 bits per heavy atom. The molecule has 0 radical (unpaired) electrons. The highest BCUT2D eigenvalue weighted by Gasteiger charge is 2.26. The summed E-state index contributed by atoms with van der Waals surface area (Å²) >= 11 is 0. The molecule has 1 N–H and O–H groups in total. The molecule has 1 fully saturated rings. The zero-order valence-corrected chi connectivity index (χ0v) is 14.7. The van der Waals surface area contributed by atoms with Crippen LogP contribution in [-0.4, -0.2) is 50.7 Å². The van der Waals surface area contributed by atoms with Gasteiger partial charge in [0.2, 0.25) is 0 Å². The molecule has 2 rings (SSSR count). The SMILES string of the molecule is CCOc1cccc(CNC(=NC)N2CCC(C(=O)OC)CC2)c1. The van der Waals surface area contributed by atoms with Gasteiger partial charge in [-0.15, -0.1) is 0 Å². The molecule has 1 aliphatic rings. The summed E-state index contributed by atoms with van der Waals surface area (Å²) in [6.45, 7) is 4.93. The van der Waals surface area contributed by atoms with Gasteiger partial charge in [-0.1, -0.05) is 12.1 Å². The summed E-state index contributed by atoms with van der Waals surface area (Å²) in [6, 6.07) is 8.05. The molecule has 0 aromatic heterocycles. The zero-order chi connectivity index (χ0) is 17.4. The molecule has 132 valence electrons. The molecule has 0 spiro atoms. The predicted octanol–water partition coefficient (Wildman–Crippen LogP) is 2.05. The molecular weight excluding hydrogens is 306 g/mol. The van der Waals surface area contributed by atoms with Crippen molar-refractivity contribution >= 4 is 11.9 Å². The topological polar surface area (TPSA) is 63.2 Å². The molecule has 1 saturated heterocycles. The van der Waals surface area contributed by atoms with Crippen LogP contribution >= 0.6 is 0 Å². The Hall–Kier alpha value is -2.24. The fourth-order valence-electron chi connectivity index (χ4n) is 2.92. The van der Waals surface area contributed by atoms with Gasteiger partial charge in [0.1, 0.15) is 5.75 Å². The van der Waals surface area contributed by atoms with Gasteiger partial charge in [0.05, 0.1) is 19.6 Å². The van der Waals surface area contributed by atoms with Crippen LogP contribution in [0.25, 0.3) is 0 Å². The van der Waals surface area contributed by atoms with Crippen LogP contribution < -0.4 is 10.1 Å². The normalized spacial score (nSPS) is 16.0. The number of esters is 1. The average Bonchev–Trinajstić information content (AvgIpc) is 2.63. The first-order valence-electron chi connectivity index (χ1n) is 8.43. The van der Waals surface area contributed by atoms with E-state index in [0.717, 1.165) is 43.2 Å². The molecule has 0 amide bonds. The highest BCUT2D eigenvalue weighted by atomic mass is 16.5. The summed E-state index contributed by atoms with van der Waals surface area (Å²) in [5, 5.41) is 3.39. The van der Waals surface area contributed by atoms with Crippen molar-refractivity contribution in [3.05, 3.63) is 29.8 Å². The Bertz CT molecular complexity index is 566. The fraction of sp³-hybridized carbons (Fsp3) is 0.556. The van der Waals surface area contributed by atoms with Crippen LogP contribution in [0.2, 0.25) is 0 Å². The van der Waals surface area contributed by atoms with E-state index in [9.17, 15) is 4.79 Å². The Morgan fingerprint density at radius 1 is 1.38 bits per heavy atom. The van der Waals surface area contributed by atoms with Crippen molar-refractivity contribution in [1.29, 1.82) is 0 Å². The van der Waals surface area contributed by atoms with Gasteiger partial charge in [-0.25, -0.2) is 0 Å². The largest absolute Gasteiger partial charge is 0.494 e. The van der Waals surface area contributed by atoms with E-state index in [1.54, 1.807) is 7.05 Å². The quantitative estimate of drug-likeness (QED) is 0.508. The summed E-state index contributed by atoms with van der Waals surface area (Å²) in [5.74, 6) is 1.64. The van der Waals surface area contributed by atoms with Crippen molar-refractivity contribution in [2.75, 3.05) is 33.9 Å². The monoisotopic (exact) mass is 333 g/mol. The third-order valence-electron chi connectivity index (χ3n) is 4.20. The van der Waals surface area contributed by atoms with E-state index < -0.39 is 0 Å². The van der Waals surface area contributed by atoms with E-state index in [1.165, 1.54) is 7.11 Å². The number of aliphatic imine (C=N–C) groups is 1. The number of nitrogens with one attached hydrogen (secondary N) is 1. The molecular formula is C18H27N3O3.